The molecule has 0 saturated carbocycles. The SMILES string of the molecule is COSc1sc(-c2ccnc(Nc3cccc(OCCCN4CCC(CO)CC4)c3)n2)c(-c2cccc(-c3ccccc3)c2)c1C#N. The first-order valence-electron chi connectivity index (χ1n) is 15.7. The summed E-state index contributed by atoms with van der Waals surface area (Å²) in [6.07, 6.45) is 4.80. The Morgan fingerprint density at radius 2 is 1.79 bits per heavy atom. The van der Waals surface area contributed by atoms with Gasteiger partial charge in [0.25, 0.3) is 0 Å². The molecule has 6 rings (SSSR count). The fraction of sp³-hybridized carbons (Fsp3) is 0.270. The van der Waals surface area contributed by atoms with E-state index in [1.165, 1.54) is 23.4 Å². The van der Waals surface area contributed by atoms with E-state index >= 15 is 0 Å². The van der Waals surface area contributed by atoms with Crippen molar-refractivity contribution in [2.45, 2.75) is 23.5 Å². The van der Waals surface area contributed by atoms with Crippen LogP contribution in [0.4, 0.5) is 11.6 Å². The lowest BCUT2D eigenvalue weighted by molar-refractivity contribution is 0.126. The van der Waals surface area contributed by atoms with E-state index in [9.17, 15) is 10.4 Å². The van der Waals surface area contributed by atoms with Gasteiger partial charge in [0.1, 0.15) is 16.0 Å². The van der Waals surface area contributed by atoms with Gasteiger partial charge < -0.3 is 24.2 Å². The van der Waals surface area contributed by atoms with Gasteiger partial charge >= 0.3 is 0 Å². The maximum Gasteiger partial charge on any atom is 0.227 e. The van der Waals surface area contributed by atoms with E-state index in [-0.39, 0.29) is 0 Å². The number of ether oxygens (including phenoxy) is 1. The Bertz CT molecular complexity index is 1820. The largest absolute Gasteiger partial charge is 0.493 e. The van der Waals surface area contributed by atoms with Gasteiger partial charge in [-0.25, -0.2) is 9.97 Å². The minimum atomic E-state index is 0.298. The van der Waals surface area contributed by atoms with Crippen molar-refractivity contribution in [1.82, 2.24) is 14.9 Å². The molecule has 1 aliphatic rings. The van der Waals surface area contributed by atoms with Crippen molar-refractivity contribution >= 4 is 35.0 Å². The van der Waals surface area contributed by atoms with Crippen molar-refractivity contribution in [2.24, 2.45) is 5.92 Å². The molecule has 2 N–H and O–H groups in total. The number of rotatable bonds is 13. The highest BCUT2D eigenvalue weighted by atomic mass is 32.2. The van der Waals surface area contributed by atoms with Crippen LogP contribution in [0.3, 0.4) is 0 Å². The van der Waals surface area contributed by atoms with Crippen molar-refractivity contribution < 1.29 is 14.0 Å². The van der Waals surface area contributed by atoms with Crippen LogP contribution in [0.1, 0.15) is 24.8 Å². The average molecular weight is 664 g/mol. The predicted molar refractivity (Wildman–Crippen MR) is 190 cm³/mol. The monoisotopic (exact) mass is 663 g/mol. The molecule has 240 valence electrons. The molecule has 0 spiro atoms. The normalized spacial score (nSPS) is 13.7. The van der Waals surface area contributed by atoms with Crippen molar-refractivity contribution in [1.29, 1.82) is 5.26 Å². The Hall–Kier alpha value is -4.24. The summed E-state index contributed by atoms with van der Waals surface area (Å²) in [4.78, 5) is 12.7. The zero-order valence-corrected chi connectivity index (χ0v) is 27.9. The Balaban J connectivity index is 1.19. The molecule has 47 heavy (non-hydrogen) atoms. The first-order chi connectivity index (χ1) is 23.1. The van der Waals surface area contributed by atoms with Gasteiger partial charge in [-0.15, -0.1) is 11.3 Å². The summed E-state index contributed by atoms with van der Waals surface area (Å²) in [5, 5.41) is 23.0. The van der Waals surface area contributed by atoms with Crippen LogP contribution in [0.5, 0.6) is 5.75 Å². The highest BCUT2D eigenvalue weighted by Gasteiger charge is 2.23. The third kappa shape index (κ3) is 8.19. The fourth-order valence-electron chi connectivity index (χ4n) is 5.80. The van der Waals surface area contributed by atoms with E-state index in [2.05, 4.69) is 45.5 Å². The second-order valence-corrected chi connectivity index (χ2v) is 13.6. The van der Waals surface area contributed by atoms with Gasteiger partial charge in [0.2, 0.25) is 5.95 Å². The number of thiophene rings is 1. The van der Waals surface area contributed by atoms with Crippen LogP contribution < -0.4 is 10.1 Å². The topological polar surface area (TPSA) is 104 Å². The molecule has 8 nitrogen and oxygen atoms in total. The number of aromatic nitrogens is 2. The third-order valence-corrected chi connectivity index (χ3v) is 10.2. The molecule has 10 heteroatoms. The van der Waals surface area contributed by atoms with Crippen molar-refractivity contribution in [3.05, 3.63) is 96.7 Å². The molecular formula is C37H37N5O3S2. The predicted octanol–water partition coefficient (Wildman–Crippen LogP) is 8.28. The second-order valence-electron chi connectivity index (χ2n) is 11.4. The number of nitrogens with zero attached hydrogens (tertiary/aromatic N) is 4. The van der Waals surface area contributed by atoms with Crippen LogP contribution in [0.15, 0.2) is 95.3 Å². The van der Waals surface area contributed by atoms with E-state index in [4.69, 9.17) is 13.9 Å². The van der Waals surface area contributed by atoms with E-state index in [0.717, 1.165) is 81.7 Å². The van der Waals surface area contributed by atoms with Gasteiger partial charge in [-0.3, -0.25) is 0 Å². The van der Waals surface area contributed by atoms with E-state index in [0.29, 0.717) is 36.3 Å². The quantitative estimate of drug-likeness (QED) is 0.0951. The minimum Gasteiger partial charge on any atom is -0.493 e. The minimum absolute atomic E-state index is 0.298. The Morgan fingerprint density at radius 3 is 2.57 bits per heavy atom. The Labute approximate surface area is 284 Å². The highest BCUT2D eigenvalue weighted by Crippen LogP contribution is 2.47. The van der Waals surface area contributed by atoms with Crippen LogP contribution >= 0.6 is 23.4 Å². The number of nitriles is 1. The number of anilines is 2. The van der Waals surface area contributed by atoms with Crippen molar-refractivity contribution in [2.75, 3.05) is 45.3 Å². The van der Waals surface area contributed by atoms with Gasteiger partial charge in [0.15, 0.2) is 0 Å². The second kappa shape index (κ2) is 16.0. The number of aliphatic hydroxyl groups is 1. The third-order valence-electron chi connectivity index (χ3n) is 8.24. The molecule has 3 aromatic carbocycles. The Morgan fingerprint density at radius 1 is 1.00 bits per heavy atom. The molecule has 5 aromatic rings. The summed E-state index contributed by atoms with van der Waals surface area (Å²) in [6, 6.07) is 30.6. The maximum atomic E-state index is 10.3. The number of piperidine rings is 1. The summed E-state index contributed by atoms with van der Waals surface area (Å²) < 4.78 is 12.3. The molecule has 1 aliphatic heterocycles. The number of likely N-dealkylation sites (tertiary alicyclic amines) is 1. The standard InChI is InChI=1S/C37H37N5O3S2/c1-44-47-36-32(24-38)34(29-11-5-10-28(22-29)27-8-3-2-4-9-27)35(46-36)33-14-17-39-37(41-33)40-30-12-6-13-31(23-30)45-21-7-18-42-19-15-26(25-43)16-20-42/h2-6,8-14,17,22-23,26,43H,7,15-16,18-21,25H2,1H3,(H,39,40,41). The number of benzene rings is 3. The summed E-state index contributed by atoms with van der Waals surface area (Å²) in [6.45, 7) is 4.01. The molecule has 0 unspecified atom stereocenters. The van der Waals surface area contributed by atoms with Gasteiger partial charge in [0, 0.05) is 48.7 Å². The average Bonchev–Trinajstić information content (AvgIpc) is 3.49. The first-order valence-corrected chi connectivity index (χ1v) is 17.3. The molecule has 0 bridgehead atoms. The van der Waals surface area contributed by atoms with Crippen LogP contribution in [0, 0.1) is 17.2 Å². The van der Waals surface area contributed by atoms with Gasteiger partial charge in [-0.1, -0.05) is 54.6 Å². The Kier molecular flexibility index (Phi) is 11.2. The molecule has 2 aromatic heterocycles. The zero-order valence-electron chi connectivity index (χ0n) is 26.3. The smallest absolute Gasteiger partial charge is 0.227 e. The van der Waals surface area contributed by atoms with Crippen molar-refractivity contribution in [3.8, 4) is 44.6 Å². The van der Waals surface area contributed by atoms with Crippen LogP contribution in [-0.2, 0) is 4.18 Å². The van der Waals surface area contributed by atoms with E-state index < -0.39 is 0 Å². The molecule has 3 heterocycles. The number of hydrogen-bond donors (Lipinski definition) is 2. The summed E-state index contributed by atoms with van der Waals surface area (Å²) in [5.41, 5.74) is 6.03. The lowest BCUT2D eigenvalue weighted by Crippen LogP contribution is -2.35. The summed E-state index contributed by atoms with van der Waals surface area (Å²) in [7, 11) is 1.61. The summed E-state index contributed by atoms with van der Waals surface area (Å²) in [5.74, 6) is 1.68. The van der Waals surface area contributed by atoms with E-state index in [1.807, 2.05) is 60.7 Å². The van der Waals surface area contributed by atoms with Crippen LogP contribution in [0.25, 0.3) is 32.8 Å². The van der Waals surface area contributed by atoms with Gasteiger partial charge in [-0.2, -0.15) is 5.26 Å². The molecule has 1 fully saturated rings. The molecule has 1 saturated heterocycles. The number of hydrogen-bond acceptors (Lipinski definition) is 10. The number of aliphatic hydroxyl groups excluding tert-OH is 1. The summed E-state index contributed by atoms with van der Waals surface area (Å²) >= 11 is 2.68. The molecule has 0 radical (unpaired) electrons. The lowest BCUT2D eigenvalue weighted by Gasteiger charge is -2.30. The molecular weight excluding hydrogens is 627 g/mol. The zero-order chi connectivity index (χ0) is 32.4. The first kappa shape index (κ1) is 32.7. The maximum absolute atomic E-state index is 10.3. The number of nitrogens with one attached hydrogen (secondary N) is 1. The molecule has 0 atom stereocenters. The highest BCUT2D eigenvalue weighted by molar-refractivity contribution is 7.96. The van der Waals surface area contributed by atoms with Gasteiger partial charge in [-0.05, 0) is 79.2 Å². The van der Waals surface area contributed by atoms with E-state index in [1.54, 1.807) is 13.3 Å². The van der Waals surface area contributed by atoms with Crippen LogP contribution in [-0.4, -0.2) is 59.9 Å². The van der Waals surface area contributed by atoms with Crippen molar-refractivity contribution in [3.63, 3.8) is 0 Å². The van der Waals surface area contributed by atoms with Gasteiger partial charge in [0.05, 0.1) is 29.9 Å². The lowest BCUT2D eigenvalue weighted by atomic mass is 9.96. The molecule has 0 aliphatic carbocycles. The fourth-order valence-corrected chi connectivity index (χ4v) is 7.74. The molecule has 0 amide bonds. The van der Waals surface area contributed by atoms with Crippen LogP contribution in [0.2, 0.25) is 0 Å².